The van der Waals surface area contributed by atoms with E-state index in [2.05, 4.69) is 56.5 Å². The number of benzene rings is 2. The van der Waals surface area contributed by atoms with Crippen molar-refractivity contribution < 1.29 is 9.53 Å². The first-order chi connectivity index (χ1) is 15.7. The summed E-state index contributed by atoms with van der Waals surface area (Å²) >= 11 is 0. The molecule has 2 aromatic carbocycles. The number of aromatic nitrogens is 1. The molecular formula is C26H28N4O2. The van der Waals surface area contributed by atoms with Crippen molar-refractivity contribution >= 4 is 17.3 Å². The second kappa shape index (κ2) is 8.91. The van der Waals surface area contributed by atoms with Crippen LogP contribution in [0.5, 0.6) is 5.75 Å². The molecule has 32 heavy (non-hydrogen) atoms. The van der Waals surface area contributed by atoms with Crippen LogP contribution in [-0.4, -0.2) is 43.7 Å². The number of ether oxygens (including phenoxy) is 1. The van der Waals surface area contributed by atoms with Gasteiger partial charge in [-0.15, -0.1) is 0 Å². The number of nitrogens with one attached hydrogen (secondary N) is 1. The van der Waals surface area contributed by atoms with Gasteiger partial charge in [0.1, 0.15) is 5.75 Å². The van der Waals surface area contributed by atoms with Crippen molar-refractivity contribution in [1.29, 1.82) is 0 Å². The molecule has 5 rings (SSSR count). The van der Waals surface area contributed by atoms with E-state index >= 15 is 0 Å². The molecule has 1 amide bonds. The number of rotatable bonds is 5. The number of carbonyl (C=O) groups excluding carboxylic acids is 1. The zero-order valence-electron chi connectivity index (χ0n) is 18.3. The topological polar surface area (TPSA) is 57.7 Å². The average molecular weight is 429 g/mol. The van der Waals surface area contributed by atoms with Gasteiger partial charge in [0, 0.05) is 43.3 Å². The van der Waals surface area contributed by atoms with Crippen LogP contribution >= 0.6 is 0 Å². The Kier molecular flexibility index (Phi) is 5.67. The van der Waals surface area contributed by atoms with Gasteiger partial charge in [0.15, 0.2) is 0 Å². The minimum atomic E-state index is -0.133. The molecule has 6 nitrogen and oxygen atoms in total. The molecule has 164 valence electrons. The summed E-state index contributed by atoms with van der Waals surface area (Å²) in [6.07, 6.45) is 2.48. The van der Waals surface area contributed by atoms with Gasteiger partial charge >= 0.3 is 0 Å². The van der Waals surface area contributed by atoms with Gasteiger partial charge in [-0.3, -0.25) is 9.78 Å². The zero-order chi connectivity index (χ0) is 21.9. The van der Waals surface area contributed by atoms with Gasteiger partial charge < -0.3 is 19.9 Å². The van der Waals surface area contributed by atoms with E-state index in [-0.39, 0.29) is 17.9 Å². The van der Waals surface area contributed by atoms with Crippen LogP contribution in [0.3, 0.4) is 0 Å². The predicted octanol–water partition coefficient (Wildman–Crippen LogP) is 3.27. The smallest absolute Gasteiger partial charge is 0.225 e. The van der Waals surface area contributed by atoms with Gasteiger partial charge in [-0.2, -0.15) is 0 Å². The molecule has 2 aliphatic rings. The van der Waals surface area contributed by atoms with Crippen LogP contribution in [0.4, 0.5) is 11.4 Å². The molecule has 0 radical (unpaired) electrons. The van der Waals surface area contributed by atoms with E-state index < -0.39 is 0 Å². The lowest BCUT2D eigenvalue weighted by atomic mass is 9.83. The summed E-state index contributed by atoms with van der Waals surface area (Å²) in [5.74, 6) is 0.805. The van der Waals surface area contributed by atoms with Crippen molar-refractivity contribution in [3.8, 4) is 5.75 Å². The van der Waals surface area contributed by atoms with Crippen molar-refractivity contribution in [2.45, 2.75) is 19.0 Å². The third-order valence-electron chi connectivity index (χ3n) is 6.55. The molecule has 0 spiro atoms. The van der Waals surface area contributed by atoms with Crippen molar-refractivity contribution in [3.63, 3.8) is 0 Å². The van der Waals surface area contributed by atoms with Crippen LogP contribution in [0.1, 0.15) is 11.3 Å². The second-order valence-corrected chi connectivity index (χ2v) is 8.39. The fraction of sp³-hybridized carbons (Fsp3) is 0.308. The standard InChI is InChI=1S/C26H28N4O2/c1-32-22-11-10-19-15-23(26(31)28-17-20-7-5-6-12-27-20)25-18-29(21-8-3-2-4-9-21)13-14-30(25)24(19)16-22/h2-12,16,23,25H,13-15,17-18H2,1H3,(H,28,31). The van der Waals surface area contributed by atoms with Crippen LogP contribution < -0.4 is 19.9 Å². The summed E-state index contributed by atoms with van der Waals surface area (Å²) in [4.78, 5) is 22.5. The Bertz CT molecular complexity index is 1070. The molecule has 1 fully saturated rings. The van der Waals surface area contributed by atoms with Gasteiger partial charge in [0.2, 0.25) is 5.91 Å². The second-order valence-electron chi connectivity index (χ2n) is 8.39. The van der Waals surface area contributed by atoms with E-state index in [0.29, 0.717) is 6.54 Å². The number of hydrogen-bond acceptors (Lipinski definition) is 5. The number of hydrogen-bond donors (Lipinski definition) is 1. The Morgan fingerprint density at radius 3 is 2.72 bits per heavy atom. The number of pyridine rings is 1. The quantitative estimate of drug-likeness (QED) is 0.676. The summed E-state index contributed by atoms with van der Waals surface area (Å²) < 4.78 is 5.49. The number of fused-ring (bicyclic) bond motifs is 3. The molecular weight excluding hydrogens is 400 g/mol. The summed E-state index contributed by atoms with van der Waals surface area (Å²) in [5.41, 5.74) is 4.47. The SMILES string of the molecule is COc1ccc2c(c1)N1CCN(c3ccccc3)CC1C(C(=O)NCc1ccccn1)C2. The summed E-state index contributed by atoms with van der Waals surface area (Å²) in [7, 11) is 1.70. The van der Waals surface area contributed by atoms with Crippen LogP contribution in [0, 0.1) is 5.92 Å². The minimum Gasteiger partial charge on any atom is -0.497 e. The summed E-state index contributed by atoms with van der Waals surface area (Å²) in [6, 6.07) is 22.5. The number of nitrogens with zero attached hydrogens (tertiary/aromatic N) is 3. The molecule has 1 N–H and O–H groups in total. The highest BCUT2D eigenvalue weighted by Gasteiger charge is 2.41. The molecule has 3 heterocycles. The average Bonchev–Trinajstić information content (AvgIpc) is 2.87. The van der Waals surface area contributed by atoms with E-state index in [0.717, 1.165) is 37.5 Å². The fourth-order valence-corrected chi connectivity index (χ4v) is 4.89. The lowest BCUT2D eigenvalue weighted by Gasteiger charge is -2.49. The van der Waals surface area contributed by atoms with E-state index in [4.69, 9.17) is 4.74 Å². The maximum Gasteiger partial charge on any atom is 0.225 e. The van der Waals surface area contributed by atoms with Crippen molar-refractivity contribution in [2.75, 3.05) is 36.5 Å². The van der Waals surface area contributed by atoms with Crippen LogP contribution in [0.15, 0.2) is 72.9 Å². The van der Waals surface area contributed by atoms with Gasteiger partial charge in [-0.05, 0) is 42.3 Å². The van der Waals surface area contributed by atoms with Crippen LogP contribution in [0.25, 0.3) is 0 Å². The Hall–Kier alpha value is -3.54. The highest BCUT2D eigenvalue weighted by Crippen LogP contribution is 2.38. The molecule has 3 aromatic rings. The van der Waals surface area contributed by atoms with Crippen LogP contribution in [-0.2, 0) is 17.8 Å². The minimum absolute atomic E-state index is 0.0852. The van der Waals surface area contributed by atoms with Gasteiger partial charge in [-0.1, -0.05) is 30.3 Å². The first-order valence-electron chi connectivity index (χ1n) is 11.1. The molecule has 2 atom stereocenters. The first kappa shape index (κ1) is 20.4. The Labute approximate surface area is 188 Å². The molecule has 1 aromatic heterocycles. The maximum absolute atomic E-state index is 13.4. The largest absolute Gasteiger partial charge is 0.497 e. The highest BCUT2D eigenvalue weighted by atomic mass is 16.5. The summed E-state index contributed by atoms with van der Waals surface area (Å²) in [6.45, 7) is 3.03. The molecule has 6 heteroatoms. The molecule has 0 saturated carbocycles. The number of amides is 1. The van der Waals surface area contributed by atoms with Crippen LogP contribution in [0.2, 0.25) is 0 Å². The van der Waals surface area contributed by atoms with Gasteiger partial charge in [0.05, 0.1) is 31.3 Å². The van der Waals surface area contributed by atoms with Crippen molar-refractivity contribution in [3.05, 3.63) is 84.2 Å². The molecule has 2 aliphatic heterocycles. The van der Waals surface area contributed by atoms with Crippen molar-refractivity contribution in [1.82, 2.24) is 10.3 Å². The van der Waals surface area contributed by atoms with E-state index in [1.807, 2.05) is 30.3 Å². The van der Waals surface area contributed by atoms with Gasteiger partial charge in [0.25, 0.3) is 0 Å². The number of methoxy groups -OCH3 is 1. The Morgan fingerprint density at radius 1 is 1.09 bits per heavy atom. The van der Waals surface area contributed by atoms with Crippen molar-refractivity contribution in [2.24, 2.45) is 5.92 Å². The number of piperazine rings is 1. The first-order valence-corrected chi connectivity index (χ1v) is 11.1. The lowest BCUT2D eigenvalue weighted by Crippen LogP contribution is -2.61. The fourth-order valence-electron chi connectivity index (χ4n) is 4.89. The Morgan fingerprint density at radius 2 is 1.94 bits per heavy atom. The Balaban J connectivity index is 1.42. The molecule has 1 saturated heterocycles. The summed E-state index contributed by atoms with van der Waals surface area (Å²) in [5, 5.41) is 3.14. The third kappa shape index (κ3) is 4.00. The molecule has 0 aliphatic carbocycles. The normalized spacial score (nSPS) is 19.7. The zero-order valence-corrected chi connectivity index (χ0v) is 18.3. The van der Waals surface area contributed by atoms with E-state index in [1.54, 1.807) is 13.3 Å². The monoisotopic (exact) mass is 428 g/mol. The number of para-hydroxylation sites is 1. The molecule has 2 unspecified atom stereocenters. The predicted molar refractivity (Wildman–Crippen MR) is 126 cm³/mol. The van der Waals surface area contributed by atoms with E-state index in [9.17, 15) is 4.79 Å². The maximum atomic E-state index is 13.4. The lowest BCUT2D eigenvalue weighted by molar-refractivity contribution is -0.126. The highest BCUT2D eigenvalue weighted by molar-refractivity contribution is 5.82. The molecule has 0 bridgehead atoms. The van der Waals surface area contributed by atoms with E-state index in [1.165, 1.54) is 16.9 Å². The van der Waals surface area contributed by atoms with Gasteiger partial charge in [-0.25, -0.2) is 0 Å². The number of carbonyl (C=O) groups is 1. The number of anilines is 2. The third-order valence-corrected chi connectivity index (χ3v) is 6.55.